The lowest BCUT2D eigenvalue weighted by molar-refractivity contribution is -1.02. The number of quaternary nitrogens is 2. The van der Waals surface area contributed by atoms with Crippen molar-refractivity contribution in [1.82, 2.24) is 9.97 Å². The third kappa shape index (κ3) is 3.08. The van der Waals surface area contributed by atoms with Crippen LogP contribution < -0.4 is 9.80 Å². The zero-order valence-corrected chi connectivity index (χ0v) is 14.4. The molecular weight excluding hydrogens is 312 g/mol. The van der Waals surface area contributed by atoms with Gasteiger partial charge in [-0.1, -0.05) is 18.2 Å². The number of hydrogen-bond acceptors (Lipinski definition) is 3. The van der Waals surface area contributed by atoms with Crippen LogP contribution in [0.1, 0.15) is 17.3 Å². The predicted octanol–water partition coefficient (Wildman–Crippen LogP) is -0.162. The molecule has 1 aromatic carbocycles. The van der Waals surface area contributed by atoms with Crippen molar-refractivity contribution >= 4 is 10.9 Å². The van der Waals surface area contributed by atoms with Crippen molar-refractivity contribution in [1.29, 1.82) is 0 Å². The summed E-state index contributed by atoms with van der Waals surface area (Å²) >= 11 is 0. The van der Waals surface area contributed by atoms with Gasteiger partial charge in [-0.25, -0.2) is 0 Å². The summed E-state index contributed by atoms with van der Waals surface area (Å²) in [6, 6.07) is 14.0. The Kier molecular flexibility index (Phi) is 4.34. The Morgan fingerprint density at radius 1 is 0.920 bits per heavy atom. The fourth-order valence-electron chi connectivity index (χ4n) is 3.80. The zero-order valence-electron chi connectivity index (χ0n) is 14.4. The molecule has 25 heavy (non-hydrogen) atoms. The van der Waals surface area contributed by atoms with Gasteiger partial charge in [0, 0.05) is 17.8 Å². The number of pyridine rings is 2. The second-order valence-electron chi connectivity index (χ2n) is 6.88. The lowest BCUT2D eigenvalue weighted by Gasteiger charge is -2.33. The second kappa shape index (κ2) is 6.78. The van der Waals surface area contributed by atoms with Gasteiger partial charge in [0.2, 0.25) is 0 Å². The van der Waals surface area contributed by atoms with Crippen LogP contribution in [-0.2, 0) is 0 Å². The van der Waals surface area contributed by atoms with Crippen molar-refractivity contribution in [3.8, 4) is 5.75 Å². The Labute approximate surface area is 147 Å². The molecule has 2 aromatic heterocycles. The van der Waals surface area contributed by atoms with E-state index < -0.39 is 0 Å². The van der Waals surface area contributed by atoms with E-state index in [9.17, 15) is 5.11 Å². The summed E-state index contributed by atoms with van der Waals surface area (Å²) in [7, 11) is 2.24. The van der Waals surface area contributed by atoms with E-state index >= 15 is 0 Å². The van der Waals surface area contributed by atoms with Crippen LogP contribution >= 0.6 is 0 Å². The third-order valence-corrected chi connectivity index (χ3v) is 5.23. The summed E-state index contributed by atoms with van der Waals surface area (Å²) in [6.07, 6.45) is 3.56. The molecule has 1 aliphatic rings. The number of fused-ring (bicyclic) bond motifs is 1. The highest BCUT2D eigenvalue weighted by atomic mass is 16.3. The number of benzene rings is 1. The number of nitrogens with one attached hydrogen (secondary N) is 2. The van der Waals surface area contributed by atoms with E-state index in [-0.39, 0.29) is 11.8 Å². The first-order valence-corrected chi connectivity index (χ1v) is 8.87. The molecule has 4 rings (SSSR count). The lowest BCUT2D eigenvalue weighted by Crippen LogP contribution is -3.27. The van der Waals surface area contributed by atoms with Gasteiger partial charge in [-0.2, -0.15) is 0 Å². The number of aromatic hydroxyl groups is 1. The van der Waals surface area contributed by atoms with Crippen molar-refractivity contribution in [3.63, 3.8) is 0 Å². The standard InChI is InChI=1S/C20H22N4O/c1-23-11-13-24(14-12-23)19(17-6-2-3-9-21-17)16-8-7-15-5-4-10-22-18(15)20(16)25/h2-10,19,25H,11-14H2,1H3/p+2. The van der Waals surface area contributed by atoms with Gasteiger partial charge in [0.1, 0.15) is 37.4 Å². The first kappa shape index (κ1) is 16.0. The van der Waals surface area contributed by atoms with Crippen LogP contribution in [0.2, 0.25) is 0 Å². The molecule has 0 amide bonds. The Bertz CT molecular complexity index is 860. The minimum absolute atomic E-state index is 0.0284. The molecule has 1 saturated heterocycles. The molecule has 3 aromatic rings. The average Bonchev–Trinajstić information content (AvgIpc) is 2.66. The number of aromatic nitrogens is 2. The van der Waals surface area contributed by atoms with Gasteiger partial charge in [0.15, 0.2) is 11.8 Å². The van der Waals surface area contributed by atoms with E-state index in [0.717, 1.165) is 42.8 Å². The minimum Gasteiger partial charge on any atom is -0.505 e. The molecule has 0 bridgehead atoms. The quantitative estimate of drug-likeness (QED) is 0.623. The summed E-state index contributed by atoms with van der Waals surface area (Å²) in [5.74, 6) is 0.285. The van der Waals surface area contributed by atoms with Crippen LogP contribution in [0.25, 0.3) is 10.9 Å². The Morgan fingerprint density at radius 3 is 2.48 bits per heavy atom. The molecule has 5 nitrogen and oxygen atoms in total. The summed E-state index contributed by atoms with van der Waals surface area (Å²) in [6.45, 7) is 4.38. The predicted molar refractivity (Wildman–Crippen MR) is 96.8 cm³/mol. The van der Waals surface area contributed by atoms with E-state index in [0.29, 0.717) is 5.52 Å². The van der Waals surface area contributed by atoms with Gasteiger partial charge in [-0.15, -0.1) is 0 Å². The molecular formula is C20H24N4O+2. The number of phenolic OH excluding ortho intramolecular Hbond substituents is 1. The maximum Gasteiger partial charge on any atom is 0.160 e. The molecule has 0 aliphatic carbocycles. The molecule has 0 radical (unpaired) electrons. The largest absolute Gasteiger partial charge is 0.505 e. The van der Waals surface area contributed by atoms with E-state index in [1.165, 1.54) is 4.90 Å². The van der Waals surface area contributed by atoms with Crippen molar-refractivity contribution in [2.45, 2.75) is 6.04 Å². The lowest BCUT2D eigenvalue weighted by atomic mass is 9.97. The molecule has 3 N–H and O–H groups in total. The second-order valence-corrected chi connectivity index (χ2v) is 6.88. The molecule has 3 heterocycles. The van der Waals surface area contributed by atoms with E-state index in [1.807, 2.05) is 42.6 Å². The molecule has 1 aliphatic heterocycles. The van der Waals surface area contributed by atoms with Crippen molar-refractivity contribution in [2.24, 2.45) is 0 Å². The summed E-state index contributed by atoms with van der Waals surface area (Å²) in [5, 5.41) is 11.9. The SMILES string of the molecule is C[NH+]1CC[NH+](C(c2ccccn2)c2ccc3cccnc3c2O)CC1. The Hall–Kier alpha value is -2.50. The molecule has 128 valence electrons. The van der Waals surface area contributed by atoms with Crippen molar-refractivity contribution < 1.29 is 14.9 Å². The smallest absolute Gasteiger partial charge is 0.160 e. The minimum atomic E-state index is 0.0284. The summed E-state index contributed by atoms with van der Waals surface area (Å²) in [5.41, 5.74) is 2.59. The van der Waals surface area contributed by atoms with Crippen LogP contribution in [0.4, 0.5) is 0 Å². The van der Waals surface area contributed by atoms with Gasteiger partial charge in [-0.05, 0) is 24.3 Å². The number of phenols is 1. The van der Waals surface area contributed by atoms with E-state index in [2.05, 4.69) is 23.1 Å². The maximum atomic E-state index is 11.0. The molecule has 0 spiro atoms. The van der Waals surface area contributed by atoms with Gasteiger partial charge in [0.25, 0.3) is 0 Å². The molecule has 1 atom stereocenters. The number of piperazine rings is 1. The first-order valence-electron chi connectivity index (χ1n) is 8.87. The first-order chi connectivity index (χ1) is 12.2. The average molecular weight is 336 g/mol. The van der Waals surface area contributed by atoms with E-state index in [1.54, 1.807) is 11.1 Å². The highest BCUT2D eigenvalue weighted by molar-refractivity contribution is 5.85. The highest BCUT2D eigenvalue weighted by Gasteiger charge is 2.33. The number of rotatable bonds is 3. The molecule has 0 saturated carbocycles. The fourth-order valence-corrected chi connectivity index (χ4v) is 3.80. The number of nitrogens with zero attached hydrogens (tertiary/aromatic N) is 2. The topological polar surface area (TPSA) is 54.9 Å². The normalized spacial score (nSPS) is 22.0. The molecule has 5 heteroatoms. The van der Waals surface area contributed by atoms with Crippen LogP contribution in [0, 0.1) is 0 Å². The van der Waals surface area contributed by atoms with Crippen LogP contribution in [0.3, 0.4) is 0 Å². The van der Waals surface area contributed by atoms with Crippen molar-refractivity contribution in [3.05, 3.63) is 66.1 Å². The van der Waals surface area contributed by atoms with Crippen LogP contribution in [0.15, 0.2) is 54.9 Å². The van der Waals surface area contributed by atoms with Gasteiger partial charge in [-0.3, -0.25) is 9.97 Å². The third-order valence-electron chi connectivity index (χ3n) is 5.23. The molecule has 1 fully saturated rings. The van der Waals surface area contributed by atoms with Crippen LogP contribution in [-0.4, -0.2) is 48.3 Å². The zero-order chi connectivity index (χ0) is 17.2. The maximum absolute atomic E-state index is 11.0. The van der Waals surface area contributed by atoms with Crippen LogP contribution in [0.5, 0.6) is 5.75 Å². The summed E-state index contributed by atoms with van der Waals surface area (Å²) in [4.78, 5) is 12.0. The highest BCUT2D eigenvalue weighted by Crippen LogP contribution is 2.32. The summed E-state index contributed by atoms with van der Waals surface area (Å²) < 4.78 is 0. The Morgan fingerprint density at radius 2 is 1.72 bits per heavy atom. The van der Waals surface area contributed by atoms with E-state index in [4.69, 9.17) is 0 Å². The van der Waals surface area contributed by atoms with Gasteiger partial charge >= 0.3 is 0 Å². The Balaban J connectivity index is 1.82. The van der Waals surface area contributed by atoms with Gasteiger partial charge in [0.05, 0.1) is 12.6 Å². The number of hydrogen-bond donors (Lipinski definition) is 3. The van der Waals surface area contributed by atoms with Crippen molar-refractivity contribution in [2.75, 3.05) is 33.2 Å². The molecule has 1 unspecified atom stereocenters. The van der Waals surface area contributed by atoms with Gasteiger partial charge < -0.3 is 14.9 Å². The fraction of sp³-hybridized carbons (Fsp3) is 0.300. The number of likely N-dealkylation sites (N-methyl/N-ethyl adjacent to an activating group) is 1. The monoisotopic (exact) mass is 336 g/mol.